The second kappa shape index (κ2) is 7.52. The van der Waals surface area contributed by atoms with E-state index < -0.39 is 38.2 Å². The second-order valence-electron chi connectivity index (χ2n) is 5.76. The van der Waals surface area contributed by atoms with E-state index in [0.29, 0.717) is 0 Å². The average Bonchev–Trinajstić information content (AvgIpc) is 3.09. The predicted octanol–water partition coefficient (Wildman–Crippen LogP) is 0.991. The molecule has 29 heavy (non-hydrogen) atoms. The highest BCUT2D eigenvalue weighted by Crippen LogP contribution is 2.31. The van der Waals surface area contributed by atoms with Gasteiger partial charge in [-0.15, -0.1) is 0 Å². The first-order chi connectivity index (χ1) is 13.4. The molecule has 8 nitrogen and oxygen atoms in total. The Morgan fingerprint density at radius 3 is 2.52 bits per heavy atom. The van der Waals surface area contributed by atoms with Gasteiger partial charge in [0.25, 0.3) is 0 Å². The number of rotatable bonds is 5. The van der Waals surface area contributed by atoms with Crippen molar-refractivity contribution in [2.75, 3.05) is 5.75 Å². The Balaban J connectivity index is 2.17. The zero-order valence-corrected chi connectivity index (χ0v) is 16.2. The van der Waals surface area contributed by atoms with Crippen LogP contribution >= 0.6 is 0 Å². The Morgan fingerprint density at radius 2 is 1.93 bits per heavy atom. The summed E-state index contributed by atoms with van der Waals surface area (Å²) in [6, 6.07) is 4.02. The molecule has 14 heteroatoms. The number of benzene rings is 1. The normalized spacial score (nSPS) is 13.6. The van der Waals surface area contributed by atoms with Crippen LogP contribution in [0.25, 0.3) is 22.7 Å². The van der Waals surface area contributed by atoms with Gasteiger partial charge in [0.2, 0.25) is 5.89 Å². The van der Waals surface area contributed by atoms with E-state index in [0.717, 1.165) is 30.5 Å². The van der Waals surface area contributed by atoms with Gasteiger partial charge < -0.3 is 14.5 Å². The number of alkyl halides is 3. The lowest BCUT2D eigenvalue weighted by atomic mass is 9.81. The van der Waals surface area contributed by atoms with Crippen molar-refractivity contribution in [3.63, 3.8) is 0 Å². The summed E-state index contributed by atoms with van der Waals surface area (Å²) in [5.74, 6) is -0.636. The molecule has 2 N–H and O–H groups in total. The van der Waals surface area contributed by atoms with E-state index in [1.807, 2.05) is 0 Å². The molecule has 0 fully saturated rings. The third-order valence-corrected chi connectivity index (χ3v) is 6.72. The van der Waals surface area contributed by atoms with Crippen molar-refractivity contribution in [3.8, 4) is 11.6 Å². The van der Waals surface area contributed by atoms with E-state index in [9.17, 15) is 35.8 Å². The quantitative estimate of drug-likeness (QED) is 0.553. The molecule has 0 spiro atoms. The van der Waals surface area contributed by atoms with Gasteiger partial charge >= 0.3 is 12.6 Å². The molecular weight excluding hydrogens is 436 g/mol. The minimum absolute atomic E-state index is 0.0239. The lowest BCUT2D eigenvalue weighted by molar-refractivity contribution is -0.0384. The summed E-state index contributed by atoms with van der Waals surface area (Å²) in [6.45, 7) is 1.37. The van der Waals surface area contributed by atoms with Gasteiger partial charge in [0.15, 0.2) is 26.2 Å². The number of oxazole rings is 1. The van der Waals surface area contributed by atoms with Gasteiger partial charge in [0.05, 0.1) is 15.5 Å². The first-order valence-corrected chi connectivity index (χ1v) is 10.7. The molecule has 1 aromatic carbocycles. The largest absolute Gasteiger partial charge is 0.490 e. The van der Waals surface area contributed by atoms with E-state index >= 15 is 0 Å². The standard InChI is InChI=1S/C15H12BF3N2O6S2/c1-2-29(25,26)12-5-8(16(22)23)7-20-13(12)14-21-10-6-9(3-4-11(10)27-14)28(24)15(17,18)19/h3-7,22-23H,2H2,1H3. The number of aromatic nitrogens is 2. The van der Waals surface area contributed by atoms with Crippen molar-refractivity contribution < 1.29 is 40.3 Å². The number of fused-ring (bicyclic) bond motifs is 1. The second-order valence-corrected chi connectivity index (χ2v) is 9.47. The third kappa shape index (κ3) is 4.20. The fourth-order valence-electron chi connectivity index (χ4n) is 2.41. The molecular formula is C15H12BF3N2O6S2. The van der Waals surface area contributed by atoms with Crippen LogP contribution in [0.2, 0.25) is 0 Å². The van der Waals surface area contributed by atoms with Gasteiger partial charge in [0.1, 0.15) is 11.2 Å². The third-order valence-electron chi connectivity index (χ3n) is 3.87. The predicted molar refractivity (Wildman–Crippen MR) is 97.3 cm³/mol. The summed E-state index contributed by atoms with van der Waals surface area (Å²) in [5.41, 5.74) is -5.44. The summed E-state index contributed by atoms with van der Waals surface area (Å²) in [6.07, 6.45) is 1.01. The lowest BCUT2D eigenvalue weighted by Gasteiger charge is -2.08. The zero-order chi connectivity index (χ0) is 21.6. The molecule has 0 aliphatic heterocycles. The summed E-state index contributed by atoms with van der Waals surface area (Å²) in [4.78, 5) is 6.93. The van der Waals surface area contributed by atoms with Crippen molar-refractivity contribution in [1.29, 1.82) is 0 Å². The molecule has 0 aliphatic rings. The van der Waals surface area contributed by atoms with Crippen LogP contribution in [0.3, 0.4) is 0 Å². The molecule has 0 bridgehead atoms. The van der Waals surface area contributed by atoms with Crippen LogP contribution in [0.1, 0.15) is 6.92 Å². The zero-order valence-electron chi connectivity index (χ0n) is 14.5. The number of hydrogen-bond acceptors (Lipinski definition) is 8. The van der Waals surface area contributed by atoms with Gasteiger partial charge in [-0.3, -0.25) is 4.98 Å². The van der Waals surface area contributed by atoms with E-state index in [1.165, 1.54) is 6.92 Å². The minimum atomic E-state index is -4.95. The Kier molecular flexibility index (Phi) is 5.55. The highest BCUT2D eigenvalue weighted by molar-refractivity contribution is 7.91. The number of hydrogen-bond donors (Lipinski definition) is 2. The maximum absolute atomic E-state index is 12.7. The summed E-state index contributed by atoms with van der Waals surface area (Å²) >= 11 is 0. The van der Waals surface area contributed by atoms with Crippen LogP contribution in [0.15, 0.2) is 44.7 Å². The van der Waals surface area contributed by atoms with Crippen LogP contribution in [0, 0.1) is 0 Å². The van der Waals surface area contributed by atoms with Crippen molar-refractivity contribution in [2.24, 2.45) is 0 Å². The van der Waals surface area contributed by atoms with Gasteiger partial charge in [-0.05, 0) is 24.3 Å². The van der Waals surface area contributed by atoms with Gasteiger partial charge in [-0.1, -0.05) is 6.92 Å². The molecule has 2 heterocycles. The van der Waals surface area contributed by atoms with Crippen LogP contribution < -0.4 is 5.46 Å². The molecule has 0 aliphatic carbocycles. The van der Waals surface area contributed by atoms with Crippen molar-refractivity contribution in [2.45, 2.75) is 22.2 Å². The molecule has 3 aromatic rings. The van der Waals surface area contributed by atoms with Crippen LogP contribution in [0.4, 0.5) is 13.2 Å². The van der Waals surface area contributed by atoms with Gasteiger partial charge in [0, 0.05) is 11.7 Å². The van der Waals surface area contributed by atoms with Gasteiger partial charge in [-0.25, -0.2) is 17.6 Å². The van der Waals surface area contributed by atoms with Crippen molar-refractivity contribution in [3.05, 3.63) is 30.5 Å². The van der Waals surface area contributed by atoms with Crippen LogP contribution in [-0.2, 0) is 20.6 Å². The summed E-state index contributed by atoms with van der Waals surface area (Å²) < 4.78 is 79.7. The minimum Gasteiger partial charge on any atom is -0.435 e. The number of nitrogens with zero attached hydrogens (tertiary/aromatic N) is 2. The summed E-state index contributed by atoms with van der Waals surface area (Å²) in [5, 5.41) is 18.5. The smallest absolute Gasteiger partial charge is 0.435 e. The fraction of sp³-hybridized carbons (Fsp3) is 0.200. The maximum Gasteiger partial charge on any atom is 0.490 e. The van der Waals surface area contributed by atoms with Crippen molar-refractivity contribution in [1.82, 2.24) is 9.97 Å². The first-order valence-electron chi connectivity index (χ1n) is 7.92. The highest BCUT2D eigenvalue weighted by atomic mass is 32.2. The van der Waals surface area contributed by atoms with E-state index in [-0.39, 0.29) is 38.8 Å². The Morgan fingerprint density at radius 1 is 1.24 bits per heavy atom. The molecule has 2 aromatic heterocycles. The number of pyridine rings is 1. The first kappa shape index (κ1) is 21.4. The molecule has 0 amide bonds. The lowest BCUT2D eigenvalue weighted by Crippen LogP contribution is -2.31. The molecule has 1 atom stereocenters. The van der Waals surface area contributed by atoms with E-state index in [2.05, 4.69) is 9.97 Å². The molecule has 0 saturated heterocycles. The molecule has 3 rings (SSSR count). The summed E-state index contributed by atoms with van der Waals surface area (Å²) in [7, 11) is -9.13. The Hall–Kier alpha value is -2.29. The number of sulfone groups is 1. The van der Waals surface area contributed by atoms with Gasteiger partial charge in [-0.2, -0.15) is 13.2 Å². The van der Waals surface area contributed by atoms with Crippen LogP contribution in [-0.4, -0.2) is 51.0 Å². The van der Waals surface area contributed by atoms with Crippen molar-refractivity contribution >= 4 is 44.3 Å². The SMILES string of the molecule is CCS(=O)(=O)c1cc(B(O)O)cnc1-c1nc2cc(S(=O)C(F)(F)F)ccc2o1. The Bertz CT molecular complexity index is 1210. The molecule has 0 radical (unpaired) electrons. The number of halogens is 3. The van der Waals surface area contributed by atoms with E-state index in [4.69, 9.17) is 4.42 Å². The maximum atomic E-state index is 12.7. The van der Waals surface area contributed by atoms with Crippen LogP contribution in [0.5, 0.6) is 0 Å². The monoisotopic (exact) mass is 448 g/mol. The average molecular weight is 448 g/mol. The Labute approximate surface area is 164 Å². The highest BCUT2D eigenvalue weighted by Gasteiger charge is 2.38. The molecule has 1 unspecified atom stereocenters. The molecule has 154 valence electrons. The fourth-order valence-corrected chi connectivity index (χ4v) is 4.15. The van der Waals surface area contributed by atoms with E-state index in [1.54, 1.807) is 0 Å². The topological polar surface area (TPSA) is 131 Å². The molecule has 0 saturated carbocycles.